The van der Waals surface area contributed by atoms with Gasteiger partial charge in [0.1, 0.15) is 15.6 Å². The van der Waals surface area contributed by atoms with Crippen LogP contribution in [0.25, 0.3) is 0 Å². The van der Waals surface area contributed by atoms with Crippen LogP contribution in [0.3, 0.4) is 0 Å². The number of urea groups is 2. The number of carbonyl (C=O) groups is 6. The van der Waals surface area contributed by atoms with Gasteiger partial charge in [-0.15, -0.1) is 0 Å². The van der Waals surface area contributed by atoms with Gasteiger partial charge in [0, 0.05) is 29.8 Å². The van der Waals surface area contributed by atoms with Crippen LogP contribution in [-0.4, -0.2) is 131 Å². The van der Waals surface area contributed by atoms with Gasteiger partial charge in [-0.2, -0.15) is 24.9 Å². The highest BCUT2D eigenvalue weighted by Gasteiger charge is 2.28. The predicted molar refractivity (Wildman–Crippen MR) is 255 cm³/mol. The number of anilines is 3. The third kappa shape index (κ3) is 19.6. The van der Waals surface area contributed by atoms with Crippen LogP contribution >= 0.6 is 22.6 Å². The Labute approximate surface area is 411 Å². The summed E-state index contributed by atoms with van der Waals surface area (Å²) in [6.45, 7) is 3.72. The van der Waals surface area contributed by atoms with Gasteiger partial charge < -0.3 is 34.3 Å². The molecule has 0 saturated heterocycles. The molecule has 0 atom stereocenters. The van der Waals surface area contributed by atoms with Crippen LogP contribution in [0.15, 0.2) is 52.3 Å². The summed E-state index contributed by atoms with van der Waals surface area (Å²) < 4.78 is 74.2. The first-order valence-electron chi connectivity index (χ1n) is 20.1. The largest absolute Gasteiger partial charge is 0.481 e. The number of amides is 6. The lowest BCUT2D eigenvalue weighted by Gasteiger charge is -2.16. The van der Waals surface area contributed by atoms with Crippen LogP contribution in [0.1, 0.15) is 78.4 Å². The summed E-state index contributed by atoms with van der Waals surface area (Å²) in [7, 11) is -0.947. The molecular weight excluding hydrogens is 1070 g/mol. The molecule has 6 N–H and O–H groups in total. The normalized spacial score (nSPS) is 10.6. The second kappa shape index (κ2) is 28.3. The standard InChI is InChI=1S/C17H20N6O7S.C14H14IN5O6S.C9H18O2/c1-23(2)15(25)11-6-5-10(18-9-24)7-12(11)31(27,28)22-17(26)21-16-19-13(29-3)8-14(20-16)30-4;1-7-16-12(19-14(17-7)26-3)18-13(22)20-27(23,24)10-6-8(15)4-5-9(10)11(21)25-2;1-2-3-4-5-6-7-8-9(10)11/h5-9H,1-4H3,(H,18,24)(H2,19,20,21,22,26);4-6H,1-3H3,(H2,16,17,18,19,20,22);2-8H2,1H3,(H,10,11). The first-order chi connectivity index (χ1) is 32.5. The number of aryl methyl sites for hydroxylation is 1. The molecule has 4 aromatic rings. The third-order valence-corrected chi connectivity index (χ3v) is 11.8. The third-order valence-electron chi connectivity index (χ3n) is 8.43. The Morgan fingerprint density at radius 3 is 1.75 bits per heavy atom. The number of rotatable bonds is 20. The number of nitrogens with zero attached hydrogens (tertiary/aromatic N) is 6. The fourth-order valence-corrected chi connectivity index (χ4v) is 8.22. The number of sulfonamides is 2. The summed E-state index contributed by atoms with van der Waals surface area (Å²) in [4.78, 5) is 88.8. The van der Waals surface area contributed by atoms with E-state index in [0.29, 0.717) is 16.4 Å². The number of hydrogen-bond donors (Lipinski definition) is 6. The van der Waals surface area contributed by atoms with Crippen molar-refractivity contribution in [1.29, 1.82) is 0 Å². The van der Waals surface area contributed by atoms with E-state index < -0.39 is 59.7 Å². The number of halogens is 1. The van der Waals surface area contributed by atoms with Crippen molar-refractivity contribution in [3.8, 4) is 17.8 Å². The molecule has 0 aliphatic rings. The molecule has 0 aliphatic carbocycles. The summed E-state index contributed by atoms with van der Waals surface area (Å²) in [5.41, 5.74) is -0.316. The molecule has 0 saturated carbocycles. The maximum Gasteiger partial charge on any atom is 0.339 e. The van der Waals surface area contributed by atoms with E-state index in [4.69, 9.17) is 19.3 Å². The van der Waals surface area contributed by atoms with Crippen LogP contribution in [0, 0.1) is 10.5 Å². The number of ether oxygens (including phenoxy) is 4. The molecule has 2 aromatic carbocycles. The molecule has 0 fully saturated rings. The topological polar surface area (TPSA) is 356 Å². The molecule has 0 bridgehead atoms. The number of aromatic nitrogens is 5. The van der Waals surface area contributed by atoms with E-state index in [9.17, 15) is 45.6 Å². The number of hydrogen-bond acceptors (Lipinski definition) is 19. The maximum atomic E-state index is 12.8. The summed E-state index contributed by atoms with van der Waals surface area (Å²) in [6.07, 6.45) is 7.59. The Bertz CT molecular complexity index is 2660. The number of carboxylic acids is 1. The van der Waals surface area contributed by atoms with Gasteiger partial charge in [-0.3, -0.25) is 25.0 Å². The summed E-state index contributed by atoms with van der Waals surface area (Å²) in [5.74, 6) is -2.25. The van der Waals surface area contributed by atoms with E-state index in [0.717, 1.165) is 30.9 Å². The van der Waals surface area contributed by atoms with Crippen molar-refractivity contribution in [1.82, 2.24) is 39.3 Å². The van der Waals surface area contributed by atoms with E-state index in [2.05, 4.69) is 52.5 Å². The lowest BCUT2D eigenvalue weighted by molar-refractivity contribution is -0.137. The van der Waals surface area contributed by atoms with Crippen LogP contribution in [0.2, 0.25) is 0 Å². The second-order valence-corrected chi connectivity index (χ2v) is 18.4. The van der Waals surface area contributed by atoms with Crippen molar-refractivity contribution in [2.75, 3.05) is 58.5 Å². The predicted octanol–water partition coefficient (Wildman–Crippen LogP) is 4.19. The number of aliphatic carboxylic acids is 1. The number of methoxy groups -OCH3 is 4. The molecule has 0 aliphatic heterocycles. The highest BCUT2D eigenvalue weighted by molar-refractivity contribution is 14.1. The Hall–Kier alpha value is -7.02. The van der Waals surface area contributed by atoms with E-state index >= 15 is 0 Å². The summed E-state index contributed by atoms with van der Waals surface area (Å²) in [6, 6.07) is 6.65. The highest BCUT2D eigenvalue weighted by Crippen LogP contribution is 2.23. The molecule has 69 heavy (non-hydrogen) atoms. The lowest BCUT2D eigenvalue weighted by Crippen LogP contribution is -2.36. The molecule has 29 heteroatoms. The second-order valence-electron chi connectivity index (χ2n) is 13.8. The monoisotopic (exact) mass is 1120 g/mol. The van der Waals surface area contributed by atoms with Gasteiger partial charge in [0.25, 0.3) is 26.0 Å². The molecule has 2 heterocycles. The first-order valence-corrected chi connectivity index (χ1v) is 24.2. The van der Waals surface area contributed by atoms with Crippen molar-refractivity contribution in [2.24, 2.45) is 0 Å². The minimum atomic E-state index is -4.54. The van der Waals surface area contributed by atoms with Gasteiger partial charge in [-0.25, -0.2) is 40.7 Å². The average Bonchev–Trinajstić information content (AvgIpc) is 3.29. The minimum absolute atomic E-state index is 0.0498. The molecular formula is C40H52IN11O15S2. The smallest absolute Gasteiger partial charge is 0.339 e. The Morgan fingerprint density at radius 1 is 0.710 bits per heavy atom. The Balaban J connectivity index is 0.000000392. The quantitative estimate of drug-likeness (QED) is 0.0313. The van der Waals surface area contributed by atoms with Crippen molar-refractivity contribution in [3.05, 3.63) is 63.0 Å². The fourth-order valence-electron chi connectivity index (χ4n) is 5.26. The number of carbonyl (C=O) groups excluding carboxylic acids is 5. The van der Waals surface area contributed by atoms with Crippen LogP contribution in [0.4, 0.5) is 27.2 Å². The van der Waals surface area contributed by atoms with Gasteiger partial charge >= 0.3 is 30.0 Å². The fraction of sp³-hybridized carbons (Fsp3) is 0.375. The molecule has 4 rings (SSSR count). The maximum absolute atomic E-state index is 12.8. The SMILES string of the molecule is CCCCCCCCC(=O)O.COC(=O)c1ccc(I)cc1S(=O)(=O)NC(=O)Nc1nc(C)nc(OC)n1.COc1cc(OC)nc(NC(=O)NS(=O)(=O)c2cc(NC=O)ccc2C(=O)N(C)C)n1. The van der Waals surface area contributed by atoms with E-state index in [1.54, 1.807) is 16.4 Å². The van der Waals surface area contributed by atoms with Crippen LogP contribution in [-0.2, 0) is 34.4 Å². The van der Waals surface area contributed by atoms with Gasteiger partial charge in [0.2, 0.25) is 30.1 Å². The molecule has 0 unspecified atom stereocenters. The number of carboxylic acid groups (broad SMARTS) is 1. The van der Waals surface area contributed by atoms with E-state index in [1.165, 1.54) is 97.5 Å². The van der Waals surface area contributed by atoms with Crippen molar-refractivity contribution in [3.63, 3.8) is 0 Å². The lowest BCUT2D eigenvalue weighted by atomic mass is 10.1. The molecule has 0 spiro atoms. The summed E-state index contributed by atoms with van der Waals surface area (Å²) >= 11 is 1.88. The van der Waals surface area contributed by atoms with Gasteiger partial charge in [-0.05, 0) is 72.3 Å². The number of esters is 1. The van der Waals surface area contributed by atoms with E-state index in [1.807, 2.05) is 22.6 Å². The van der Waals surface area contributed by atoms with Gasteiger partial charge in [0.15, 0.2) is 0 Å². The number of benzene rings is 2. The van der Waals surface area contributed by atoms with Gasteiger partial charge in [-0.1, -0.05) is 39.0 Å². The highest BCUT2D eigenvalue weighted by atomic mass is 127. The van der Waals surface area contributed by atoms with Crippen molar-refractivity contribution < 1.29 is 69.7 Å². The molecule has 376 valence electrons. The molecule has 26 nitrogen and oxygen atoms in total. The zero-order valence-electron chi connectivity index (χ0n) is 38.6. The van der Waals surface area contributed by atoms with Crippen LogP contribution in [0.5, 0.6) is 17.8 Å². The van der Waals surface area contributed by atoms with Gasteiger partial charge in [0.05, 0.1) is 45.6 Å². The zero-order valence-corrected chi connectivity index (χ0v) is 42.4. The molecule has 6 amide bonds. The number of nitrogens with one attached hydrogen (secondary N) is 5. The number of unbranched alkanes of at least 4 members (excludes halogenated alkanes) is 5. The molecule has 0 radical (unpaired) electrons. The van der Waals surface area contributed by atoms with Crippen molar-refractivity contribution >= 4 is 96.5 Å². The minimum Gasteiger partial charge on any atom is -0.481 e. The molecule has 2 aromatic heterocycles. The summed E-state index contributed by atoms with van der Waals surface area (Å²) in [5, 5.41) is 14.9. The van der Waals surface area contributed by atoms with Crippen LogP contribution < -0.4 is 39.6 Å². The average molecular weight is 1120 g/mol. The Kier molecular flexibility index (Phi) is 23.9. The zero-order chi connectivity index (χ0) is 51.9. The van der Waals surface area contributed by atoms with Crippen molar-refractivity contribution in [2.45, 2.75) is 68.6 Å². The first kappa shape index (κ1) is 58.1. The van der Waals surface area contributed by atoms with E-state index in [-0.39, 0.29) is 52.3 Å². The Morgan fingerprint density at radius 2 is 1.25 bits per heavy atom.